The van der Waals surface area contributed by atoms with E-state index in [2.05, 4.69) is 4.98 Å². The number of aliphatic hydroxyl groups is 2. The number of anilines is 1. The van der Waals surface area contributed by atoms with E-state index in [0.29, 0.717) is 11.6 Å². The zero-order valence-corrected chi connectivity index (χ0v) is 7.87. The molecule has 0 saturated carbocycles. The first-order valence-corrected chi connectivity index (χ1v) is 4.85. The Labute approximate surface area is 80.8 Å². The minimum atomic E-state index is -0.701. The molecule has 0 aromatic carbocycles. The van der Waals surface area contributed by atoms with Crippen LogP contribution >= 0.6 is 11.8 Å². The maximum atomic E-state index is 9.06. The number of aromatic nitrogens is 1. The van der Waals surface area contributed by atoms with E-state index in [1.54, 1.807) is 12.1 Å². The molecule has 0 radical (unpaired) electrons. The second kappa shape index (κ2) is 5.06. The number of nitrogens with zero attached hydrogens (tertiary/aromatic N) is 1. The second-order valence-corrected chi connectivity index (χ2v) is 3.59. The van der Waals surface area contributed by atoms with Gasteiger partial charge in [0.1, 0.15) is 5.82 Å². The summed E-state index contributed by atoms with van der Waals surface area (Å²) in [7, 11) is 0. The first-order chi connectivity index (χ1) is 6.22. The van der Waals surface area contributed by atoms with Gasteiger partial charge in [0, 0.05) is 5.75 Å². The number of nitrogens with two attached hydrogens (primary N) is 1. The van der Waals surface area contributed by atoms with E-state index in [1.165, 1.54) is 11.8 Å². The van der Waals surface area contributed by atoms with Gasteiger partial charge in [0.25, 0.3) is 0 Å². The molecule has 72 valence electrons. The highest BCUT2D eigenvalue weighted by Gasteiger charge is 2.03. The number of hydrogen-bond donors (Lipinski definition) is 3. The van der Waals surface area contributed by atoms with Gasteiger partial charge in [-0.05, 0) is 12.1 Å². The predicted molar refractivity (Wildman–Crippen MR) is 52.5 cm³/mol. The lowest BCUT2D eigenvalue weighted by atomic mass is 10.4. The molecular weight excluding hydrogens is 188 g/mol. The van der Waals surface area contributed by atoms with Gasteiger partial charge in [-0.3, -0.25) is 0 Å². The SMILES string of the molecule is Nc1cccc(SCC(O)CO)n1. The van der Waals surface area contributed by atoms with Gasteiger partial charge in [-0.15, -0.1) is 11.8 Å². The maximum Gasteiger partial charge on any atom is 0.124 e. The lowest BCUT2D eigenvalue weighted by Crippen LogP contribution is -2.14. The molecule has 4 nitrogen and oxygen atoms in total. The first kappa shape index (κ1) is 10.3. The van der Waals surface area contributed by atoms with Gasteiger partial charge in [0.05, 0.1) is 17.7 Å². The lowest BCUT2D eigenvalue weighted by Gasteiger charge is -2.05. The molecule has 0 aliphatic carbocycles. The van der Waals surface area contributed by atoms with Gasteiger partial charge in [-0.25, -0.2) is 4.98 Å². The summed E-state index contributed by atoms with van der Waals surface area (Å²) >= 11 is 1.37. The molecule has 1 heterocycles. The molecule has 0 spiro atoms. The number of rotatable bonds is 4. The summed E-state index contributed by atoms with van der Waals surface area (Å²) in [5.74, 6) is 0.885. The van der Waals surface area contributed by atoms with Crippen molar-refractivity contribution in [2.75, 3.05) is 18.1 Å². The van der Waals surface area contributed by atoms with Crippen LogP contribution in [0.15, 0.2) is 23.2 Å². The fourth-order valence-corrected chi connectivity index (χ4v) is 1.56. The van der Waals surface area contributed by atoms with Crippen LogP contribution in [0.25, 0.3) is 0 Å². The van der Waals surface area contributed by atoms with Crippen molar-refractivity contribution in [1.82, 2.24) is 4.98 Å². The van der Waals surface area contributed by atoms with E-state index in [9.17, 15) is 0 Å². The van der Waals surface area contributed by atoms with Crippen molar-refractivity contribution in [3.05, 3.63) is 18.2 Å². The van der Waals surface area contributed by atoms with E-state index >= 15 is 0 Å². The average molecular weight is 200 g/mol. The summed E-state index contributed by atoms with van der Waals surface area (Å²) in [6.07, 6.45) is -0.701. The third-order valence-electron chi connectivity index (χ3n) is 1.38. The van der Waals surface area contributed by atoms with Crippen LogP contribution in [-0.4, -0.2) is 33.7 Å². The van der Waals surface area contributed by atoms with E-state index in [0.717, 1.165) is 5.03 Å². The van der Waals surface area contributed by atoms with Crippen molar-refractivity contribution >= 4 is 17.6 Å². The quantitative estimate of drug-likeness (QED) is 0.601. The lowest BCUT2D eigenvalue weighted by molar-refractivity contribution is 0.113. The molecule has 1 rings (SSSR count). The van der Waals surface area contributed by atoms with Crippen LogP contribution < -0.4 is 5.73 Å². The van der Waals surface area contributed by atoms with Gasteiger partial charge >= 0.3 is 0 Å². The normalized spacial score (nSPS) is 12.8. The zero-order valence-electron chi connectivity index (χ0n) is 7.05. The van der Waals surface area contributed by atoms with Crippen LogP contribution in [0.5, 0.6) is 0 Å². The third kappa shape index (κ3) is 3.63. The highest BCUT2D eigenvalue weighted by Crippen LogP contribution is 2.16. The maximum absolute atomic E-state index is 9.06. The largest absolute Gasteiger partial charge is 0.394 e. The Morgan fingerprint density at radius 2 is 2.31 bits per heavy atom. The first-order valence-electron chi connectivity index (χ1n) is 3.86. The number of aliphatic hydroxyl groups excluding tert-OH is 2. The summed E-state index contributed by atoms with van der Waals surface area (Å²) < 4.78 is 0. The molecule has 1 aromatic heterocycles. The molecule has 4 N–H and O–H groups in total. The zero-order chi connectivity index (χ0) is 9.68. The molecule has 1 atom stereocenters. The molecule has 0 saturated heterocycles. The molecule has 0 aliphatic heterocycles. The summed E-state index contributed by atoms with van der Waals surface area (Å²) in [4.78, 5) is 4.03. The van der Waals surface area contributed by atoms with Crippen LogP contribution in [0.2, 0.25) is 0 Å². The van der Waals surface area contributed by atoms with Crippen molar-refractivity contribution in [2.24, 2.45) is 0 Å². The van der Waals surface area contributed by atoms with E-state index < -0.39 is 6.10 Å². The third-order valence-corrected chi connectivity index (χ3v) is 2.45. The van der Waals surface area contributed by atoms with Crippen LogP contribution in [0.3, 0.4) is 0 Å². The van der Waals surface area contributed by atoms with Crippen molar-refractivity contribution in [1.29, 1.82) is 0 Å². The molecule has 0 bridgehead atoms. The molecule has 1 aromatic rings. The summed E-state index contributed by atoms with van der Waals surface area (Å²) in [6.45, 7) is -0.227. The van der Waals surface area contributed by atoms with Crippen molar-refractivity contribution < 1.29 is 10.2 Å². The number of thioether (sulfide) groups is 1. The minimum absolute atomic E-state index is 0.227. The number of nitrogen functional groups attached to an aromatic ring is 1. The monoisotopic (exact) mass is 200 g/mol. The van der Waals surface area contributed by atoms with Crippen LogP contribution in [0.4, 0.5) is 5.82 Å². The summed E-state index contributed by atoms with van der Waals surface area (Å²) in [5.41, 5.74) is 5.46. The highest BCUT2D eigenvalue weighted by atomic mass is 32.2. The number of pyridine rings is 1. The van der Waals surface area contributed by atoms with Crippen LogP contribution in [0, 0.1) is 0 Å². The summed E-state index contributed by atoms with van der Waals surface area (Å²) in [6, 6.07) is 5.31. The van der Waals surface area contributed by atoms with Gasteiger partial charge in [0.15, 0.2) is 0 Å². The van der Waals surface area contributed by atoms with Gasteiger partial charge < -0.3 is 15.9 Å². The Bertz CT molecular complexity index is 270. The fourth-order valence-electron chi connectivity index (χ4n) is 0.745. The smallest absolute Gasteiger partial charge is 0.124 e. The van der Waals surface area contributed by atoms with Gasteiger partial charge in [0.2, 0.25) is 0 Å². The topological polar surface area (TPSA) is 79.4 Å². The molecule has 1 unspecified atom stereocenters. The van der Waals surface area contributed by atoms with Crippen LogP contribution in [0.1, 0.15) is 0 Å². The van der Waals surface area contributed by atoms with Crippen molar-refractivity contribution in [3.63, 3.8) is 0 Å². The van der Waals surface area contributed by atoms with E-state index in [4.69, 9.17) is 15.9 Å². The molecule has 0 fully saturated rings. The second-order valence-electron chi connectivity index (χ2n) is 2.55. The Kier molecular flexibility index (Phi) is 4.01. The average Bonchev–Trinajstić information content (AvgIpc) is 2.14. The molecule has 0 aliphatic rings. The van der Waals surface area contributed by atoms with E-state index in [1.807, 2.05) is 6.07 Å². The predicted octanol–water partition coefficient (Wildman–Crippen LogP) is 0.109. The standard InChI is InChI=1S/C8H12N2O2S/c9-7-2-1-3-8(10-7)13-5-6(12)4-11/h1-3,6,11-12H,4-5H2,(H2,9,10). The van der Waals surface area contributed by atoms with Gasteiger partial charge in [-0.1, -0.05) is 6.07 Å². The Morgan fingerprint density at radius 1 is 1.54 bits per heavy atom. The van der Waals surface area contributed by atoms with E-state index in [-0.39, 0.29) is 6.61 Å². The minimum Gasteiger partial charge on any atom is -0.394 e. The van der Waals surface area contributed by atoms with Crippen molar-refractivity contribution in [3.8, 4) is 0 Å². The Morgan fingerprint density at radius 3 is 2.92 bits per heavy atom. The van der Waals surface area contributed by atoms with Gasteiger partial charge in [-0.2, -0.15) is 0 Å². The molecule has 5 heteroatoms. The Hall–Kier alpha value is -0.780. The molecule has 13 heavy (non-hydrogen) atoms. The molecular formula is C8H12N2O2S. The Balaban J connectivity index is 2.45. The summed E-state index contributed by atoms with van der Waals surface area (Å²) in [5, 5.41) is 18.4. The van der Waals surface area contributed by atoms with Crippen LogP contribution in [-0.2, 0) is 0 Å². The van der Waals surface area contributed by atoms with Crippen molar-refractivity contribution in [2.45, 2.75) is 11.1 Å². The fraction of sp³-hybridized carbons (Fsp3) is 0.375. The highest BCUT2D eigenvalue weighted by molar-refractivity contribution is 7.99. The number of hydrogen-bond acceptors (Lipinski definition) is 5. The molecule has 0 amide bonds.